The number of ether oxygens (including phenoxy) is 1. The van der Waals surface area contributed by atoms with Crippen LogP contribution in [0.1, 0.15) is 10.5 Å². The second kappa shape index (κ2) is 7.51. The highest BCUT2D eigenvalue weighted by atomic mass is 35.5. The van der Waals surface area contributed by atoms with Gasteiger partial charge in [-0.2, -0.15) is 5.10 Å². The number of rotatable bonds is 4. The van der Waals surface area contributed by atoms with Crippen LogP contribution in [-0.2, 0) is 0 Å². The standard InChI is InChI=1S/C19H16ClN3O4/c1-21-19(26)17-18(25)16(24)10-23(22-17)15-6-4-3-5-12(15)13-9-11(27-2)7-8-14(13)20/h3-10,24H,1-2H3,(H,21,26). The molecule has 2 N–H and O–H groups in total. The molecule has 0 atom stereocenters. The molecule has 0 spiro atoms. The Balaban J connectivity index is 2.26. The van der Waals surface area contributed by atoms with Gasteiger partial charge in [0.05, 0.1) is 19.0 Å². The molecule has 3 aromatic rings. The topological polar surface area (TPSA) is 93.5 Å². The molecular weight excluding hydrogens is 370 g/mol. The number of aromatic hydroxyl groups is 1. The zero-order chi connectivity index (χ0) is 19.6. The van der Waals surface area contributed by atoms with Crippen LogP contribution in [0, 0.1) is 0 Å². The normalized spacial score (nSPS) is 10.5. The van der Waals surface area contributed by atoms with Gasteiger partial charge in [0.25, 0.3) is 11.3 Å². The highest BCUT2D eigenvalue weighted by Gasteiger charge is 2.18. The summed E-state index contributed by atoms with van der Waals surface area (Å²) in [5.74, 6) is -0.664. The molecule has 0 saturated heterocycles. The van der Waals surface area contributed by atoms with E-state index >= 15 is 0 Å². The van der Waals surface area contributed by atoms with Gasteiger partial charge < -0.3 is 15.2 Å². The Bertz CT molecular complexity index is 1080. The number of amides is 1. The Morgan fingerprint density at radius 2 is 1.96 bits per heavy atom. The monoisotopic (exact) mass is 385 g/mol. The van der Waals surface area contributed by atoms with Crippen molar-refractivity contribution in [3.8, 4) is 28.3 Å². The third-order valence-corrected chi connectivity index (χ3v) is 4.29. The second-order valence-electron chi connectivity index (χ2n) is 5.58. The molecule has 7 nitrogen and oxygen atoms in total. The molecule has 0 aliphatic carbocycles. The number of hydrogen-bond donors (Lipinski definition) is 2. The summed E-state index contributed by atoms with van der Waals surface area (Å²) >= 11 is 6.36. The Morgan fingerprint density at radius 1 is 1.22 bits per heavy atom. The van der Waals surface area contributed by atoms with Crippen molar-refractivity contribution < 1.29 is 14.6 Å². The molecular formula is C19H16ClN3O4. The lowest BCUT2D eigenvalue weighted by molar-refractivity contribution is 0.0954. The Labute approximate surface area is 159 Å². The number of nitrogens with zero attached hydrogens (tertiary/aromatic N) is 2. The summed E-state index contributed by atoms with van der Waals surface area (Å²) in [4.78, 5) is 23.9. The van der Waals surface area contributed by atoms with E-state index in [1.165, 1.54) is 11.7 Å². The van der Waals surface area contributed by atoms with Crippen molar-refractivity contribution >= 4 is 17.5 Å². The summed E-state index contributed by atoms with van der Waals surface area (Å²) in [6.45, 7) is 0. The minimum atomic E-state index is -0.845. The fraction of sp³-hybridized carbons (Fsp3) is 0.105. The molecule has 0 bridgehead atoms. The molecule has 27 heavy (non-hydrogen) atoms. The summed E-state index contributed by atoms with van der Waals surface area (Å²) in [5.41, 5.74) is 0.618. The van der Waals surface area contributed by atoms with Crippen molar-refractivity contribution in [3.63, 3.8) is 0 Å². The van der Waals surface area contributed by atoms with Crippen LogP contribution >= 0.6 is 11.6 Å². The Morgan fingerprint density at radius 3 is 2.67 bits per heavy atom. The molecule has 0 aliphatic rings. The van der Waals surface area contributed by atoms with Crippen molar-refractivity contribution in [3.05, 3.63) is 69.6 Å². The molecule has 2 aromatic carbocycles. The van der Waals surface area contributed by atoms with E-state index in [1.54, 1.807) is 37.4 Å². The van der Waals surface area contributed by atoms with Gasteiger partial charge in [0.15, 0.2) is 11.4 Å². The third kappa shape index (κ3) is 3.50. The molecule has 0 aliphatic heterocycles. The number of carbonyl (C=O) groups is 1. The van der Waals surface area contributed by atoms with Gasteiger partial charge in [0, 0.05) is 23.2 Å². The first-order chi connectivity index (χ1) is 13.0. The number of para-hydroxylation sites is 1. The summed E-state index contributed by atoms with van der Waals surface area (Å²) in [6.07, 6.45) is 1.15. The van der Waals surface area contributed by atoms with E-state index in [1.807, 2.05) is 12.1 Å². The number of benzene rings is 2. The van der Waals surface area contributed by atoms with E-state index in [4.69, 9.17) is 16.3 Å². The highest BCUT2D eigenvalue weighted by molar-refractivity contribution is 6.33. The maximum atomic E-state index is 12.0. The third-order valence-electron chi connectivity index (χ3n) is 3.96. The average molecular weight is 386 g/mol. The van der Waals surface area contributed by atoms with Gasteiger partial charge in [0.1, 0.15) is 5.75 Å². The number of carbonyl (C=O) groups excluding carboxylic acids is 1. The SMILES string of the molecule is CNC(=O)c1nn(-c2ccccc2-c2cc(OC)ccc2Cl)cc(O)c1=O. The lowest BCUT2D eigenvalue weighted by Crippen LogP contribution is -2.29. The predicted octanol–water partition coefficient (Wildman–Crippen LogP) is 2.63. The van der Waals surface area contributed by atoms with Gasteiger partial charge in [-0.3, -0.25) is 9.59 Å². The number of nitrogens with one attached hydrogen (secondary N) is 1. The first-order valence-corrected chi connectivity index (χ1v) is 8.32. The average Bonchev–Trinajstić information content (AvgIpc) is 2.69. The highest BCUT2D eigenvalue weighted by Crippen LogP contribution is 2.35. The Kier molecular flexibility index (Phi) is 5.14. The summed E-state index contributed by atoms with van der Waals surface area (Å²) in [6, 6.07) is 12.3. The smallest absolute Gasteiger partial charge is 0.275 e. The van der Waals surface area contributed by atoms with E-state index < -0.39 is 22.8 Å². The van der Waals surface area contributed by atoms with Crippen LogP contribution in [0.15, 0.2) is 53.5 Å². The fourth-order valence-corrected chi connectivity index (χ4v) is 2.83. The molecule has 1 heterocycles. The van der Waals surface area contributed by atoms with Crippen molar-refractivity contribution in [2.24, 2.45) is 0 Å². The van der Waals surface area contributed by atoms with Gasteiger partial charge >= 0.3 is 0 Å². The van der Waals surface area contributed by atoms with Crippen LogP contribution in [-0.4, -0.2) is 35.0 Å². The van der Waals surface area contributed by atoms with Crippen LogP contribution in [0.25, 0.3) is 16.8 Å². The van der Waals surface area contributed by atoms with Crippen LogP contribution in [0.2, 0.25) is 5.02 Å². The second-order valence-corrected chi connectivity index (χ2v) is 5.99. The predicted molar refractivity (Wildman–Crippen MR) is 102 cm³/mol. The maximum absolute atomic E-state index is 12.0. The molecule has 1 aromatic heterocycles. The molecule has 0 radical (unpaired) electrons. The van der Waals surface area contributed by atoms with Crippen molar-refractivity contribution in [2.75, 3.05) is 14.2 Å². The quantitative estimate of drug-likeness (QED) is 0.720. The zero-order valence-electron chi connectivity index (χ0n) is 14.6. The summed E-state index contributed by atoms with van der Waals surface area (Å²) < 4.78 is 6.53. The number of hydrogen-bond acceptors (Lipinski definition) is 5. The van der Waals surface area contributed by atoms with Crippen LogP contribution < -0.4 is 15.5 Å². The molecule has 0 saturated carbocycles. The number of methoxy groups -OCH3 is 1. The maximum Gasteiger partial charge on any atom is 0.275 e. The lowest BCUT2D eigenvalue weighted by Gasteiger charge is -2.14. The van der Waals surface area contributed by atoms with Gasteiger partial charge in [-0.15, -0.1) is 0 Å². The van der Waals surface area contributed by atoms with E-state index in [0.717, 1.165) is 6.20 Å². The molecule has 0 unspecified atom stereocenters. The first-order valence-electron chi connectivity index (χ1n) is 7.94. The van der Waals surface area contributed by atoms with Crippen LogP contribution in [0.3, 0.4) is 0 Å². The van der Waals surface area contributed by atoms with Crippen molar-refractivity contribution in [1.29, 1.82) is 0 Å². The molecule has 0 fully saturated rings. The van der Waals surface area contributed by atoms with E-state index in [2.05, 4.69) is 10.4 Å². The fourth-order valence-electron chi connectivity index (χ4n) is 2.61. The largest absolute Gasteiger partial charge is 0.503 e. The minimum Gasteiger partial charge on any atom is -0.503 e. The van der Waals surface area contributed by atoms with Crippen LogP contribution in [0.5, 0.6) is 11.5 Å². The Hall–Kier alpha value is -3.32. The summed E-state index contributed by atoms with van der Waals surface area (Å²) in [7, 11) is 2.93. The van der Waals surface area contributed by atoms with E-state index in [-0.39, 0.29) is 0 Å². The minimum absolute atomic E-state index is 0.413. The lowest BCUT2D eigenvalue weighted by atomic mass is 10.0. The van der Waals surface area contributed by atoms with Gasteiger partial charge in [-0.1, -0.05) is 29.8 Å². The number of aromatic nitrogens is 2. The van der Waals surface area contributed by atoms with Gasteiger partial charge in [-0.25, -0.2) is 4.68 Å². The zero-order valence-corrected chi connectivity index (χ0v) is 15.3. The summed E-state index contributed by atoms with van der Waals surface area (Å²) in [5, 5.41) is 16.9. The molecule has 3 rings (SSSR count). The van der Waals surface area contributed by atoms with Crippen molar-refractivity contribution in [2.45, 2.75) is 0 Å². The van der Waals surface area contributed by atoms with Gasteiger partial charge in [0.2, 0.25) is 0 Å². The molecule has 138 valence electrons. The molecule has 1 amide bonds. The van der Waals surface area contributed by atoms with E-state index in [0.29, 0.717) is 27.6 Å². The first kappa shape index (κ1) is 18.5. The molecule has 8 heteroatoms. The van der Waals surface area contributed by atoms with E-state index in [9.17, 15) is 14.7 Å². The van der Waals surface area contributed by atoms with Crippen molar-refractivity contribution in [1.82, 2.24) is 15.1 Å². The van der Waals surface area contributed by atoms with Gasteiger partial charge in [-0.05, 0) is 24.3 Å². The number of halogens is 1. The van der Waals surface area contributed by atoms with Crippen LogP contribution in [0.4, 0.5) is 0 Å².